The van der Waals surface area contributed by atoms with Gasteiger partial charge in [0.2, 0.25) is 5.78 Å². The third-order valence-corrected chi connectivity index (χ3v) is 7.17. The number of nitrogens with one attached hydrogen (secondary N) is 2. The Kier molecular flexibility index (Phi) is 5.05. The first kappa shape index (κ1) is 19.9. The summed E-state index contributed by atoms with van der Waals surface area (Å²) in [6.45, 7) is 0. The number of phenolic OH excluding ortho intramolecular Hbond substituents is 1. The molecule has 4 saturated carbocycles. The average Bonchev–Trinajstić information content (AvgIpc) is 2.74. The van der Waals surface area contributed by atoms with Gasteiger partial charge in [0.05, 0.1) is 5.69 Å². The number of aromatic hydroxyl groups is 1. The van der Waals surface area contributed by atoms with Gasteiger partial charge in [0, 0.05) is 17.3 Å². The van der Waals surface area contributed by atoms with Crippen molar-refractivity contribution in [2.24, 2.45) is 17.8 Å². The maximum absolute atomic E-state index is 12.9. The van der Waals surface area contributed by atoms with Crippen LogP contribution in [0.5, 0.6) is 5.75 Å². The Balaban J connectivity index is 1.37. The molecule has 31 heavy (non-hydrogen) atoms. The highest BCUT2D eigenvalue weighted by molar-refractivity contribution is 6.42. The third kappa shape index (κ3) is 4.09. The Morgan fingerprint density at radius 3 is 2.06 bits per heavy atom. The molecule has 4 aliphatic carbocycles. The van der Waals surface area contributed by atoms with E-state index in [1.54, 1.807) is 24.3 Å². The maximum Gasteiger partial charge on any atom is 0.292 e. The number of hydrogen-bond acceptors (Lipinski definition) is 4. The van der Waals surface area contributed by atoms with E-state index in [0.717, 1.165) is 24.8 Å². The van der Waals surface area contributed by atoms with Gasteiger partial charge in [0.1, 0.15) is 5.75 Å². The first-order valence-corrected chi connectivity index (χ1v) is 11.2. The zero-order chi connectivity index (χ0) is 21.4. The molecule has 0 spiro atoms. The second-order valence-corrected chi connectivity index (χ2v) is 9.58. The zero-order valence-corrected chi connectivity index (χ0v) is 17.5. The normalized spacial score (nSPS) is 28.9. The topological polar surface area (TPSA) is 78.4 Å². The van der Waals surface area contributed by atoms with Crippen molar-refractivity contribution in [3.8, 4) is 5.75 Å². The molecule has 1 amide bonds. The fourth-order valence-electron chi connectivity index (χ4n) is 6.30. The number of hydrogen-bond donors (Lipinski definition) is 3. The second kappa shape index (κ2) is 7.88. The quantitative estimate of drug-likeness (QED) is 0.368. The van der Waals surface area contributed by atoms with Crippen LogP contribution < -0.4 is 10.6 Å². The van der Waals surface area contributed by atoms with Crippen LogP contribution in [0.2, 0.25) is 0 Å². The number of anilines is 1. The average molecular weight is 417 g/mol. The van der Waals surface area contributed by atoms with Crippen LogP contribution in [0.15, 0.2) is 60.7 Å². The van der Waals surface area contributed by atoms with Gasteiger partial charge >= 0.3 is 0 Å². The minimum atomic E-state index is -0.572. The Morgan fingerprint density at radius 2 is 1.45 bits per heavy atom. The Hall–Kier alpha value is -3.08. The van der Waals surface area contributed by atoms with Crippen LogP contribution in [0.4, 0.5) is 5.69 Å². The molecule has 4 fully saturated rings. The number of benzene rings is 2. The lowest BCUT2D eigenvalue weighted by Gasteiger charge is -2.56. The summed E-state index contributed by atoms with van der Waals surface area (Å²) in [5.74, 6) is 1.06. The highest BCUT2D eigenvalue weighted by atomic mass is 16.3. The molecular formula is C26H28N2O3. The molecule has 6 rings (SSSR count). The largest absolute Gasteiger partial charge is 0.506 e. The van der Waals surface area contributed by atoms with E-state index in [0.29, 0.717) is 29.1 Å². The Morgan fingerprint density at radius 1 is 0.871 bits per heavy atom. The lowest BCUT2D eigenvalue weighted by Crippen LogP contribution is -2.60. The van der Waals surface area contributed by atoms with Crippen molar-refractivity contribution in [2.45, 2.75) is 44.1 Å². The van der Waals surface area contributed by atoms with E-state index < -0.39 is 11.7 Å². The lowest BCUT2D eigenvalue weighted by molar-refractivity contribution is -0.138. The Labute approximate surface area is 182 Å². The highest BCUT2D eigenvalue weighted by Crippen LogP contribution is 2.55. The van der Waals surface area contributed by atoms with Gasteiger partial charge in [-0.3, -0.25) is 9.59 Å². The number of phenols is 1. The van der Waals surface area contributed by atoms with E-state index in [9.17, 15) is 14.7 Å². The van der Waals surface area contributed by atoms with Gasteiger partial charge in [-0.2, -0.15) is 0 Å². The summed E-state index contributed by atoms with van der Waals surface area (Å²) in [7, 11) is 0. The van der Waals surface area contributed by atoms with E-state index >= 15 is 0 Å². The van der Waals surface area contributed by atoms with E-state index in [1.165, 1.54) is 25.3 Å². The number of ketones is 1. The van der Waals surface area contributed by atoms with Gasteiger partial charge < -0.3 is 15.7 Å². The molecule has 0 aliphatic heterocycles. The first-order valence-electron chi connectivity index (χ1n) is 11.2. The summed E-state index contributed by atoms with van der Waals surface area (Å²) in [4.78, 5) is 25.9. The summed E-state index contributed by atoms with van der Waals surface area (Å²) in [5, 5.41) is 16.4. The molecule has 0 heterocycles. The van der Waals surface area contributed by atoms with Crippen LogP contribution in [0.25, 0.3) is 5.70 Å². The number of carbonyl (C=O) groups is 2. The van der Waals surface area contributed by atoms with Crippen molar-refractivity contribution >= 4 is 23.1 Å². The molecule has 4 bridgehead atoms. The van der Waals surface area contributed by atoms with Gasteiger partial charge in [0.15, 0.2) is 0 Å². The molecule has 4 aliphatic rings. The fourth-order valence-corrected chi connectivity index (χ4v) is 6.30. The van der Waals surface area contributed by atoms with E-state index in [1.807, 2.05) is 30.3 Å². The molecule has 0 aromatic heterocycles. The predicted octanol–water partition coefficient (Wildman–Crippen LogP) is 4.50. The van der Waals surface area contributed by atoms with Gasteiger partial charge in [-0.05, 0) is 74.0 Å². The molecule has 0 atom stereocenters. The first-order chi connectivity index (χ1) is 15.0. The van der Waals surface area contributed by atoms with Crippen LogP contribution in [0.3, 0.4) is 0 Å². The van der Waals surface area contributed by atoms with Gasteiger partial charge in [-0.15, -0.1) is 0 Å². The molecule has 2 aromatic carbocycles. The van der Waals surface area contributed by atoms with Gasteiger partial charge in [-0.25, -0.2) is 0 Å². The van der Waals surface area contributed by atoms with E-state index in [2.05, 4.69) is 10.6 Å². The van der Waals surface area contributed by atoms with Gasteiger partial charge in [0.25, 0.3) is 5.91 Å². The smallest absolute Gasteiger partial charge is 0.292 e. The standard InChI is InChI=1S/C26H28N2O3/c29-23-9-5-4-8-21(23)27-22(20-6-2-1-3-7-20)13-24(30)25(31)28-26-14-17-10-18(15-26)12-19(11-17)16-26/h1-9,13,17-19,27,29H,10-12,14-16H2,(H,28,31). The van der Waals surface area contributed by atoms with E-state index in [-0.39, 0.29) is 11.3 Å². The maximum atomic E-state index is 12.9. The predicted molar refractivity (Wildman–Crippen MR) is 120 cm³/mol. The summed E-state index contributed by atoms with van der Waals surface area (Å²) < 4.78 is 0. The van der Waals surface area contributed by atoms with Crippen molar-refractivity contribution in [2.75, 3.05) is 5.32 Å². The molecular weight excluding hydrogens is 388 g/mol. The molecule has 5 nitrogen and oxygen atoms in total. The molecule has 0 saturated heterocycles. The fraction of sp³-hybridized carbons (Fsp3) is 0.385. The zero-order valence-electron chi connectivity index (χ0n) is 17.5. The van der Waals surface area contributed by atoms with Crippen LogP contribution >= 0.6 is 0 Å². The summed E-state index contributed by atoms with van der Waals surface area (Å²) in [6.07, 6.45) is 8.21. The van der Waals surface area contributed by atoms with Crippen molar-refractivity contribution in [3.63, 3.8) is 0 Å². The van der Waals surface area contributed by atoms with Crippen molar-refractivity contribution in [1.82, 2.24) is 5.32 Å². The number of amides is 1. The molecule has 160 valence electrons. The molecule has 2 aromatic rings. The van der Waals surface area contributed by atoms with Gasteiger partial charge in [-0.1, -0.05) is 42.5 Å². The number of carbonyl (C=O) groups excluding carboxylic acids is 2. The monoisotopic (exact) mass is 416 g/mol. The lowest BCUT2D eigenvalue weighted by atomic mass is 9.53. The number of rotatable bonds is 6. The molecule has 0 radical (unpaired) electrons. The van der Waals surface area contributed by atoms with Crippen LogP contribution in [0, 0.1) is 17.8 Å². The minimum Gasteiger partial charge on any atom is -0.506 e. The Bertz CT molecular complexity index is 993. The molecule has 3 N–H and O–H groups in total. The molecule has 5 heteroatoms. The number of para-hydroxylation sites is 2. The van der Waals surface area contributed by atoms with Crippen molar-refractivity contribution < 1.29 is 14.7 Å². The SMILES string of the molecule is O=C(C=C(Nc1ccccc1O)c1ccccc1)C(=O)NC12CC3CC(CC(C3)C1)C2. The summed E-state index contributed by atoms with van der Waals surface area (Å²) in [5.41, 5.74) is 1.52. The third-order valence-electron chi connectivity index (χ3n) is 7.17. The van der Waals surface area contributed by atoms with Crippen LogP contribution in [-0.2, 0) is 9.59 Å². The minimum absolute atomic E-state index is 0.0785. The second-order valence-electron chi connectivity index (χ2n) is 9.58. The van der Waals surface area contributed by atoms with Crippen LogP contribution in [-0.4, -0.2) is 22.3 Å². The van der Waals surface area contributed by atoms with Crippen LogP contribution in [0.1, 0.15) is 44.1 Å². The van der Waals surface area contributed by atoms with Crippen molar-refractivity contribution in [3.05, 3.63) is 66.2 Å². The highest BCUT2D eigenvalue weighted by Gasteiger charge is 2.51. The van der Waals surface area contributed by atoms with E-state index in [4.69, 9.17) is 0 Å². The van der Waals surface area contributed by atoms with Crippen molar-refractivity contribution in [1.29, 1.82) is 0 Å². The summed E-state index contributed by atoms with van der Waals surface area (Å²) in [6, 6.07) is 16.2. The summed E-state index contributed by atoms with van der Waals surface area (Å²) >= 11 is 0. The molecule has 0 unspecified atom stereocenters.